The molecule has 0 aliphatic rings. The zero-order valence-corrected chi connectivity index (χ0v) is 8.61. The van der Waals surface area contributed by atoms with Gasteiger partial charge in [-0.25, -0.2) is 4.98 Å². The number of aromatic nitrogens is 2. The number of carbonyl (C=O) groups excluding carboxylic acids is 1. The molecule has 1 aromatic carbocycles. The highest BCUT2D eigenvalue weighted by Gasteiger charge is 2.11. The Balaban J connectivity index is 2.70. The minimum atomic E-state index is -0.461. The van der Waals surface area contributed by atoms with Crippen LogP contribution in [0, 0.1) is 0 Å². The summed E-state index contributed by atoms with van der Waals surface area (Å²) in [6, 6.07) is 5.31. The van der Waals surface area contributed by atoms with Gasteiger partial charge in [-0.2, -0.15) is 0 Å². The molecular formula is C10H12N4O. The van der Waals surface area contributed by atoms with E-state index in [0.717, 1.165) is 5.52 Å². The molecule has 1 amide bonds. The Labute approximate surface area is 86.9 Å². The average Bonchev–Trinajstić information content (AvgIpc) is 2.60. The van der Waals surface area contributed by atoms with Gasteiger partial charge in [0.25, 0.3) is 5.91 Å². The fourth-order valence-corrected chi connectivity index (χ4v) is 1.43. The van der Waals surface area contributed by atoms with Crippen LogP contribution < -0.4 is 10.6 Å². The van der Waals surface area contributed by atoms with Crippen molar-refractivity contribution in [1.82, 2.24) is 9.97 Å². The number of para-hydroxylation sites is 1. The van der Waals surface area contributed by atoms with Gasteiger partial charge in [0.2, 0.25) is 5.95 Å². The van der Waals surface area contributed by atoms with Gasteiger partial charge >= 0.3 is 0 Å². The van der Waals surface area contributed by atoms with Gasteiger partial charge in [-0.3, -0.25) is 4.79 Å². The summed E-state index contributed by atoms with van der Waals surface area (Å²) in [7, 11) is 3.75. The summed E-state index contributed by atoms with van der Waals surface area (Å²) in [5, 5.41) is 0. The molecule has 0 aliphatic heterocycles. The van der Waals surface area contributed by atoms with E-state index in [2.05, 4.69) is 9.97 Å². The number of hydrogen-bond acceptors (Lipinski definition) is 3. The van der Waals surface area contributed by atoms with Crippen LogP contribution in [-0.2, 0) is 0 Å². The second-order valence-electron chi connectivity index (χ2n) is 3.52. The number of aromatic amines is 1. The van der Waals surface area contributed by atoms with Gasteiger partial charge in [0.05, 0.1) is 11.1 Å². The summed E-state index contributed by atoms with van der Waals surface area (Å²) < 4.78 is 0. The van der Waals surface area contributed by atoms with E-state index in [1.165, 1.54) is 0 Å². The minimum Gasteiger partial charge on any atom is -0.366 e. The van der Waals surface area contributed by atoms with E-state index in [0.29, 0.717) is 17.0 Å². The van der Waals surface area contributed by atoms with Crippen LogP contribution in [0.15, 0.2) is 18.2 Å². The molecule has 0 aliphatic carbocycles. The third-order valence-electron chi connectivity index (χ3n) is 2.19. The molecule has 2 aromatic rings. The standard InChI is InChI=1S/C10H12N4O/c1-14(2)10-12-7-5-3-4-6(9(11)15)8(7)13-10/h3-5H,1-2H3,(H2,11,15)(H,12,13). The molecule has 1 aromatic heterocycles. The number of amides is 1. The summed E-state index contributed by atoms with van der Waals surface area (Å²) >= 11 is 0. The number of H-pyrrole nitrogens is 1. The first-order chi connectivity index (χ1) is 7.09. The van der Waals surface area contributed by atoms with Crippen LogP contribution in [0.4, 0.5) is 5.95 Å². The number of benzene rings is 1. The van der Waals surface area contributed by atoms with Crippen LogP contribution >= 0.6 is 0 Å². The molecule has 0 saturated carbocycles. The van der Waals surface area contributed by atoms with Gasteiger partial charge in [-0.05, 0) is 12.1 Å². The third kappa shape index (κ3) is 1.52. The zero-order chi connectivity index (χ0) is 11.0. The largest absolute Gasteiger partial charge is 0.366 e. The van der Waals surface area contributed by atoms with Gasteiger partial charge in [-0.15, -0.1) is 0 Å². The van der Waals surface area contributed by atoms with Crippen LogP contribution in [0.5, 0.6) is 0 Å². The fraction of sp³-hybridized carbons (Fsp3) is 0.200. The van der Waals surface area contributed by atoms with Crippen molar-refractivity contribution >= 4 is 22.9 Å². The smallest absolute Gasteiger partial charge is 0.250 e. The number of imidazole rings is 1. The highest BCUT2D eigenvalue weighted by molar-refractivity contribution is 6.04. The van der Waals surface area contributed by atoms with E-state index in [4.69, 9.17) is 5.73 Å². The molecule has 0 radical (unpaired) electrons. The Morgan fingerprint density at radius 2 is 2.20 bits per heavy atom. The molecule has 0 fully saturated rings. The van der Waals surface area contributed by atoms with E-state index in [-0.39, 0.29) is 0 Å². The van der Waals surface area contributed by atoms with Crippen molar-refractivity contribution < 1.29 is 4.79 Å². The number of primary amides is 1. The van der Waals surface area contributed by atoms with Crippen molar-refractivity contribution in [3.63, 3.8) is 0 Å². The minimum absolute atomic E-state index is 0.442. The van der Waals surface area contributed by atoms with Crippen LogP contribution in [-0.4, -0.2) is 30.0 Å². The predicted molar refractivity (Wildman–Crippen MR) is 58.9 cm³/mol. The number of hydrogen-bond donors (Lipinski definition) is 2. The van der Waals surface area contributed by atoms with E-state index < -0.39 is 5.91 Å². The second-order valence-corrected chi connectivity index (χ2v) is 3.52. The lowest BCUT2D eigenvalue weighted by Crippen LogP contribution is -2.12. The molecule has 5 nitrogen and oxygen atoms in total. The molecule has 0 atom stereocenters. The predicted octanol–water partition coefficient (Wildman–Crippen LogP) is 0.728. The van der Waals surface area contributed by atoms with Crippen molar-refractivity contribution in [3.8, 4) is 0 Å². The first-order valence-electron chi connectivity index (χ1n) is 4.55. The number of nitrogens with two attached hydrogens (primary N) is 1. The summed E-state index contributed by atoms with van der Waals surface area (Å²) in [6.45, 7) is 0. The SMILES string of the molecule is CN(C)c1nc2c(C(N)=O)cccc2[nH]1. The lowest BCUT2D eigenvalue weighted by molar-refractivity contribution is 0.100. The average molecular weight is 204 g/mol. The van der Waals surface area contributed by atoms with Crippen LogP contribution in [0.25, 0.3) is 11.0 Å². The van der Waals surface area contributed by atoms with Gasteiger partial charge in [0.1, 0.15) is 5.52 Å². The maximum atomic E-state index is 11.1. The van der Waals surface area contributed by atoms with Crippen molar-refractivity contribution in [2.75, 3.05) is 19.0 Å². The molecule has 0 unspecified atom stereocenters. The van der Waals surface area contributed by atoms with Crippen LogP contribution in [0.2, 0.25) is 0 Å². The van der Waals surface area contributed by atoms with Gasteiger partial charge in [-0.1, -0.05) is 6.07 Å². The molecule has 0 spiro atoms. The summed E-state index contributed by atoms with van der Waals surface area (Å²) in [6.07, 6.45) is 0. The van der Waals surface area contributed by atoms with E-state index in [1.54, 1.807) is 12.1 Å². The monoisotopic (exact) mass is 204 g/mol. The third-order valence-corrected chi connectivity index (χ3v) is 2.19. The molecule has 1 heterocycles. The van der Waals surface area contributed by atoms with Crippen LogP contribution in [0.1, 0.15) is 10.4 Å². The van der Waals surface area contributed by atoms with Gasteiger partial charge < -0.3 is 15.6 Å². The van der Waals surface area contributed by atoms with Gasteiger partial charge in [0.15, 0.2) is 0 Å². The molecular weight excluding hydrogens is 192 g/mol. The Kier molecular flexibility index (Phi) is 2.07. The quantitative estimate of drug-likeness (QED) is 0.757. The van der Waals surface area contributed by atoms with Crippen molar-refractivity contribution in [2.45, 2.75) is 0 Å². The van der Waals surface area contributed by atoms with E-state index >= 15 is 0 Å². The highest BCUT2D eigenvalue weighted by Crippen LogP contribution is 2.19. The first kappa shape index (κ1) is 9.51. The molecule has 78 valence electrons. The molecule has 15 heavy (non-hydrogen) atoms. The van der Waals surface area contributed by atoms with E-state index in [9.17, 15) is 4.79 Å². The number of rotatable bonds is 2. The summed E-state index contributed by atoms with van der Waals surface area (Å²) in [5.41, 5.74) is 7.13. The Morgan fingerprint density at radius 1 is 1.47 bits per heavy atom. The summed E-state index contributed by atoms with van der Waals surface area (Å²) in [5.74, 6) is 0.246. The van der Waals surface area contributed by atoms with Crippen molar-refractivity contribution in [1.29, 1.82) is 0 Å². The highest BCUT2D eigenvalue weighted by atomic mass is 16.1. The first-order valence-corrected chi connectivity index (χ1v) is 4.55. The maximum absolute atomic E-state index is 11.1. The molecule has 3 N–H and O–H groups in total. The Morgan fingerprint density at radius 3 is 2.80 bits per heavy atom. The lowest BCUT2D eigenvalue weighted by atomic mass is 10.2. The molecule has 2 rings (SSSR count). The fourth-order valence-electron chi connectivity index (χ4n) is 1.43. The number of nitrogens with zero attached hydrogens (tertiary/aromatic N) is 2. The van der Waals surface area contributed by atoms with E-state index in [1.807, 2.05) is 25.1 Å². The Bertz CT molecular complexity index is 515. The second kappa shape index (κ2) is 3.27. The Hall–Kier alpha value is -2.04. The number of nitrogens with one attached hydrogen (secondary N) is 1. The normalized spacial score (nSPS) is 10.5. The lowest BCUT2D eigenvalue weighted by Gasteiger charge is -2.05. The summed E-state index contributed by atoms with van der Waals surface area (Å²) in [4.78, 5) is 20.4. The molecule has 0 bridgehead atoms. The van der Waals surface area contributed by atoms with Crippen molar-refractivity contribution in [2.24, 2.45) is 5.73 Å². The maximum Gasteiger partial charge on any atom is 0.250 e. The number of fused-ring (bicyclic) bond motifs is 1. The topological polar surface area (TPSA) is 75.0 Å². The number of carbonyl (C=O) groups is 1. The molecule has 0 saturated heterocycles. The number of anilines is 1. The van der Waals surface area contributed by atoms with Crippen LogP contribution in [0.3, 0.4) is 0 Å². The van der Waals surface area contributed by atoms with Crippen molar-refractivity contribution in [3.05, 3.63) is 23.8 Å². The zero-order valence-electron chi connectivity index (χ0n) is 8.61. The molecule has 5 heteroatoms. The van der Waals surface area contributed by atoms with Gasteiger partial charge in [0, 0.05) is 14.1 Å².